The van der Waals surface area contributed by atoms with E-state index in [1.54, 1.807) is 11.3 Å². The van der Waals surface area contributed by atoms with Crippen molar-refractivity contribution < 1.29 is 0 Å². The highest BCUT2D eigenvalue weighted by Crippen LogP contribution is 2.29. The highest BCUT2D eigenvalue weighted by molar-refractivity contribution is 7.79. The first kappa shape index (κ1) is 12.7. The van der Waals surface area contributed by atoms with Crippen molar-refractivity contribution in [3.05, 3.63) is 40.9 Å². The SMILES string of the molecule is CC(C)(C)c1ccc(-c2ncc(CS)s2)cc1. The Bertz CT molecular complexity index is 492. The van der Waals surface area contributed by atoms with Gasteiger partial charge in [-0.05, 0) is 11.0 Å². The summed E-state index contributed by atoms with van der Waals surface area (Å²) in [5.74, 6) is 0.762. The molecule has 0 atom stereocenters. The summed E-state index contributed by atoms with van der Waals surface area (Å²) >= 11 is 5.97. The van der Waals surface area contributed by atoms with E-state index >= 15 is 0 Å². The monoisotopic (exact) mass is 263 g/mol. The molecule has 0 saturated carbocycles. The Hall–Kier alpha value is -0.800. The van der Waals surface area contributed by atoms with E-state index in [1.165, 1.54) is 16.0 Å². The van der Waals surface area contributed by atoms with Gasteiger partial charge in [0, 0.05) is 22.4 Å². The van der Waals surface area contributed by atoms with Crippen molar-refractivity contribution >= 4 is 24.0 Å². The van der Waals surface area contributed by atoms with E-state index in [4.69, 9.17) is 0 Å². The fourth-order valence-electron chi connectivity index (χ4n) is 1.63. The van der Waals surface area contributed by atoms with Crippen LogP contribution < -0.4 is 0 Å². The molecular formula is C14H17NS2. The first-order valence-electron chi connectivity index (χ1n) is 5.67. The van der Waals surface area contributed by atoms with Crippen LogP contribution >= 0.6 is 24.0 Å². The largest absolute Gasteiger partial charge is 0.244 e. The molecule has 90 valence electrons. The second-order valence-corrected chi connectivity index (χ2v) is 6.55. The zero-order valence-electron chi connectivity index (χ0n) is 10.4. The van der Waals surface area contributed by atoms with Crippen LogP contribution in [0, 0.1) is 0 Å². The van der Waals surface area contributed by atoms with Crippen LogP contribution in [0.3, 0.4) is 0 Å². The predicted octanol–water partition coefficient (Wildman–Crippen LogP) is 4.54. The number of rotatable bonds is 2. The van der Waals surface area contributed by atoms with Crippen LogP contribution in [0.15, 0.2) is 30.5 Å². The molecule has 17 heavy (non-hydrogen) atoms. The van der Waals surface area contributed by atoms with Crippen LogP contribution in [0.1, 0.15) is 31.2 Å². The Balaban J connectivity index is 2.29. The molecule has 0 aliphatic rings. The fourth-order valence-corrected chi connectivity index (χ4v) is 2.68. The topological polar surface area (TPSA) is 12.9 Å². The van der Waals surface area contributed by atoms with Gasteiger partial charge in [-0.1, -0.05) is 45.0 Å². The molecule has 3 heteroatoms. The van der Waals surface area contributed by atoms with E-state index in [1.807, 2.05) is 6.20 Å². The number of hydrogen-bond donors (Lipinski definition) is 1. The van der Waals surface area contributed by atoms with Crippen molar-refractivity contribution in [2.45, 2.75) is 31.9 Å². The molecule has 0 bridgehead atoms. The lowest BCUT2D eigenvalue weighted by Crippen LogP contribution is -2.10. The Labute approximate surface area is 112 Å². The summed E-state index contributed by atoms with van der Waals surface area (Å²) in [7, 11) is 0. The number of nitrogens with zero attached hydrogens (tertiary/aromatic N) is 1. The van der Waals surface area contributed by atoms with Crippen molar-refractivity contribution in [2.75, 3.05) is 0 Å². The third-order valence-corrected chi connectivity index (χ3v) is 4.31. The maximum absolute atomic E-state index is 4.42. The summed E-state index contributed by atoms with van der Waals surface area (Å²) < 4.78 is 0. The molecule has 0 spiro atoms. The molecule has 1 aromatic carbocycles. The summed E-state index contributed by atoms with van der Waals surface area (Å²) in [6.45, 7) is 6.68. The van der Waals surface area contributed by atoms with Crippen LogP contribution in [0.25, 0.3) is 10.6 Å². The predicted molar refractivity (Wildman–Crippen MR) is 78.9 cm³/mol. The molecule has 0 aliphatic heterocycles. The summed E-state index contributed by atoms with van der Waals surface area (Å²) in [6, 6.07) is 8.69. The zero-order valence-corrected chi connectivity index (χ0v) is 12.1. The Morgan fingerprint density at radius 2 is 1.82 bits per heavy atom. The van der Waals surface area contributed by atoms with Crippen LogP contribution in [0.2, 0.25) is 0 Å². The Morgan fingerprint density at radius 3 is 2.29 bits per heavy atom. The van der Waals surface area contributed by atoms with E-state index in [0.717, 1.165) is 10.8 Å². The second kappa shape index (κ2) is 4.83. The van der Waals surface area contributed by atoms with Gasteiger partial charge in [-0.25, -0.2) is 4.98 Å². The van der Waals surface area contributed by atoms with Crippen molar-refractivity contribution in [3.63, 3.8) is 0 Å². The Kier molecular flexibility index (Phi) is 3.59. The first-order valence-corrected chi connectivity index (χ1v) is 7.12. The minimum atomic E-state index is 0.206. The van der Waals surface area contributed by atoms with Crippen LogP contribution in [-0.4, -0.2) is 4.98 Å². The number of thiazole rings is 1. The van der Waals surface area contributed by atoms with Gasteiger partial charge in [0.25, 0.3) is 0 Å². The van der Waals surface area contributed by atoms with E-state index in [0.29, 0.717) is 0 Å². The van der Waals surface area contributed by atoms with Crippen LogP contribution in [-0.2, 0) is 11.2 Å². The van der Waals surface area contributed by atoms with E-state index in [2.05, 4.69) is 62.6 Å². The summed E-state index contributed by atoms with van der Waals surface area (Å²) in [5, 5.41) is 1.08. The lowest BCUT2D eigenvalue weighted by Gasteiger charge is -2.18. The smallest absolute Gasteiger partial charge is 0.123 e. The average molecular weight is 263 g/mol. The third kappa shape index (κ3) is 2.90. The highest BCUT2D eigenvalue weighted by Gasteiger charge is 2.13. The molecule has 0 unspecified atom stereocenters. The van der Waals surface area contributed by atoms with Gasteiger partial charge in [0.1, 0.15) is 5.01 Å². The van der Waals surface area contributed by atoms with Crippen molar-refractivity contribution in [2.24, 2.45) is 0 Å². The molecule has 0 fully saturated rings. The number of thiol groups is 1. The normalized spacial score (nSPS) is 11.8. The molecule has 2 rings (SSSR count). The van der Waals surface area contributed by atoms with Gasteiger partial charge in [-0.15, -0.1) is 11.3 Å². The first-order chi connectivity index (χ1) is 8.00. The average Bonchev–Trinajstić information content (AvgIpc) is 2.76. The van der Waals surface area contributed by atoms with Gasteiger partial charge in [0.15, 0.2) is 0 Å². The number of benzene rings is 1. The molecule has 0 saturated heterocycles. The summed E-state index contributed by atoms with van der Waals surface area (Å²) in [4.78, 5) is 5.63. The van der Waals surface area contributed by atoms with Gasteiger partial charge in [-0.3, -0.25) is 0 Å². The van der Waals surface area contributed by atoms with Crippen molar-refractivity contribution in [3.8, 4) is 10.6 Å². The lowest BCUT2D eigenvalue weighted by atomic mass is 9.87. The molecule has 0 amide bonds. The minimum Gasteiger partial charge on any atom is -0.244 e. The lowest BCUT2D eigenvalue weighted by molar-refractivity contribution is 0.590. The number of hydrogen-bond acceptors (Lipinski definition) is 3. The molecular weight excluding hydrogens is 246 g/mol. The number of aromatic nitrogens is 1. The molecule has 1 nitrogen and oxygen atoms in total. The van der Waals surface area contributed by atoms with Crippen molar-refractivity contribution in [1.82, 2.24) is 4.98 Å². The molecule has 1 heterocycles. The van der Waals surface area contributed by atoms with E-state index in [-0.39, 0.29) is 5.41 Å². The standard InChI is InChI=1S/C14H17NS2/c1-14(2,3)11-6-4-10(5-7-11)13-15-8-12(9-16)17-13/h4-8,16H,9H2,1-3H3. The van der Waals surface area contributed by atoms with E-state index < -0.39 is 0 Å². The maximum Gasteiger partial charge on any atom is 0.123 e. The zero-order chi connectivity index (χ0) is 12.5. The van der Waals surface area contributed by atoms with Gasteiger partial charge in [-0.2, -0.15) is 12.6 Å². The minimum absolute atomic E-state index is 0.206. The maximum atomic E-state index is 4.42. The molecule has 1 aromatic heterocycles. The second-order valence-electron chi connectivity index (χ2n) is 5.12. The molecule has 0 aliphatic carbocycles. The van der Waals surface area contributed by atoms with Gasteiger partial charge < -0.3 is 0 Å². The summed E-state index contributed by atoms with van der Waals surface area (Å²) in [5.41, 5.74) is 2.75. The quantitative estimate of drug-likeness (QED) is 0.785. The van der Waals surface area contributed by atoms with E-state index in [9.17, 15) is 0 Å². The van der Waals surface area contributed by atoms with Gasteiger partial charge >= 0.3 is 0 Å². The van der Waals surface area contributed by atoms with Gasteiger partial charge in [0.05, 0.1) is 0 Å². The fraction of sp³-hybridized carbons (Fsp3) is 0.357. The molecule has 2 aromatic rings. The van der Waals surface area contributed by atoms with Gasteiger partial charge in [0.2, 0.25) is 0 Å². The summed E-state index contributed by atoms with van der Waals surface area (Å²) in [6.07, 6.45) is 1.91. The molecule has 0 N–H and O–H groups in total. The highest BCUT2D eigenvalue weighted by atomic mass is 32.1. The molecule has 0 radical (unpaired) electrons. The third-order valence-electron chi connectivity index (χ3n) is 2.71. The van der Waals surface area contributed by atoms with Crippen LogP contribution in [0.4, 0.5) is 0 Å². The Morgan fingerprint density at radius 1 is 1.18 bits per heavy atom. The van der Waals surface area contributed by atoms with Crippen LogP contribution in [0.5, 0.6) is 0 Å². The van der Waals surface area contributed by atoms with Crippen molar-refractivity contribution in [1.29, 1.82) is 0 Å².